The predicted octanol–water partition coefficient (Wildman–Crippen LogP) is 1.76. The molecule has 0 aliphatic rings. The summed E-state index contributed by atoms with van der Waals surface area (Å²) in [5.41, 5.74) is 0.968. The molecule has 2 aromatic rings. The average Bonchev–Trinajstić information content (AvgIpc) is 2.85. The molecular weight excluding hydrogens is 194 g/mol. The zero-order valence-corrected chi connectivity index (χ0v) is 8.38. The molecule has 0 aliphatic carbocycles. The van der Waals surface area contributed by atoms with Gasteiger partial charge in [-0.15, -0.1) is 5.10 Å². The molecule has 78 valence electrons. The Hall–Kier alpha value is -1.91. The molecule has 0 unspecified atom stereocenters. The highest BCUT2D eigenvalue weighted by molar-refractivity contribution is 5.81. The maximum Gasteiger partial charge on any atom is 0.172 e. The molecule has 0 spiro atoms. The summed E-state index contributed by atoms with van der Waals surface area (Å²) in [6, 6.07) is 3.56. The largest absolute Gasteiger partial charge is 0.463 e. The third-order valence-corrected chi connectivity index (χ3v) is 2.06. The van der Waals surface area contributed by atoms with Crippen molar-refractivity contribution < 1.29 is 9.21 Å². The van der Waals surface area contributed by atoms with Crippen LogP contribution in [0, 0.1) is 0 Å². The van der Waals surface area contributed by atoms with Crippen LogP contribution in [0.5, 0.6) is 0 Å². The minimum absolute atomic E-state index is 0.318. The number of carbonyl (C=O) groups is 1. The molecule has 0 radical (unpaired) electrons. The molecule has 0 saturated heterocycles. The molecule has 0 saturated carbocycles. The second kappa shape index (κ2) is 4.08. The number of aryl methyl sites for hydroxylation is 1. The molecular formula is C10H11N3O2. The van der Waals surface area contributed by atoms with Crippen LogP contribution >= 0.6 is 0 Å². The van der Waals surface area contributed by atoms with E-state index in [9.17, 15) is 4.79 Å². The maximum atomic E-state index is 10.8. The van der Waals surface area contributed by atoms with Gasteiger partial charge in [-0.25, -0.2) is 4.68 Å². The van der Waals surface area contributed by atoms with E-state index in [-0.39, 0.29) is 0 Å². The van der Waals surface area contributed by atoms with E-state index in [0.717, 1.165) is 13.0 Å². The Labute approximate surface area is 86.7 Å². The molecule has 0 bridgehead atoms. The van der Waals surface area contributed by atoms with E-state index >= 15 is 0 Å². The fourth-order valence-corrected chi connectivity index (χ4v) is 1.44. The van der Waals surface area contributed by atoms with E-state index in [1.54, 1.807) is 23.1 Å². The van der Waals surface area contributed by atoms with Crippen molar-refractivity contribution in [1.29, 1.82) is 0 Å². The first-order chi connectivity index (χ1) is 7.36. The van der Waals surface area contributed by atoms with Crippen molar-refractivity contribution in [3.05, 3.63) is 24.1 Å². The SMILES string of the molecule is CCCn1nnc(C=O)c1-c1ccco1. The molecule has 0 N–H and O–H groups in total. The molecule has 2 heterocycles. The zero-order chi connectivity index (χ0) is 10.7. The van der Waals surface area contributed by atoms with Gasteiger partial charge in [-0.3, -0.25) is 4.79 Å². The molecule has 5 nitrogen and oxygen atoms in total. The Morgan fingerprint density at radius 1 is 1.60 bits per heavy atom. The van der Waals surface area contributed by atoms with E-state index in [2.05, 4.69) is 10.3 Å². The Morgan fingerprint density at radius 3 is 3.07 bits per heavy atom. The highest BCUT2D eigenvalue weighted by atomic mass is 16.3. The van der Waals surface area contributed by atoms with Crippen LogP contribution in [0.3, 0.4) is 0 Å². The summed E-state index contributed by atoms with van der Waals surface area (Å²) >= 11 is 0. The van der Waals surface area contributed by atoms with E-state index in [1.165, 1.54) is 0 Å². The van der Waals surface area contributed by atoms with Crippen LogP contribution in [0.1, 0.15) is 23.8 Å². The Bertz CT molecular complexity index is 445. The van der Waals surface area contributed by atoms with Gasteiger partial charge in [-0.1, -0.05) is 12.1 Å². The second-order valence-corrected chi connectivity index (χ2v) is 3.14. The van der Waals surface area contributed by atoms with Gasteiger partial charge in [0.25, 0.3) is 0 Å². The maximum absolute atomic E-state index is 10.8. The lowest BCUT2D eigenvalue weighted by molar-refractivity contribution is 0.111. The van der Waals surface area contributed by atoms with Crippen LogP contribution in [-0.2, 0) is 6.54 Å². The summed E-state index contributed by atoms with van der Waals surface area (Å²) in [5.74, 6) is 0.621. The average molecular weight is 205 g/mol. The van der Waals surface area contributed by atoms with E-state index in [0.29, 0.717) is 23.4 Å². The van der Waals surface area contributed by atoms with E-state index in [1.807, 2.05) is 6.92 Å². The highest BCUT2D eigenvalue weighted by Gasteiger charge is 2.15. The smallest absolute Gasteiger partial charge is 0.172 e. The minimum Gasteiger partial charge on any atom is -0.463 e. The minimum atomic E-state index is 0.318. The molecule has 5 heteroatoms. The second-order valence-electron chi connectivity index (χ2n) is 3.14. The summed E-state index contributed by atoms with van der Waals surface area (Å²) in [6.45, 7) is 2.76. The van der Waals surface area contributed by atoms with E-state index < -0.39 is 0 Å². The molecule has 0 aromatic carbocycles. The highest BCUT2D eigenvalue weighted by Crippen LogP contribution is 2.21. The van der Waals surface area contributed by atoms with Crippen LogP contribution in [0.25, 0.3) is 11.5 Å². The quantitative estimate of drug-likeness (QED) is 0.713. The van der Waals surface area contributed by atoms with Crippen LogP contribution in [0.2, 0.25) is 0 Å². The zero-order valence-electron chi connectivity index (χ0n) is 8.38. The number of hydrogen-bond acceptors (Lipinski definition) is 4. The first-order valence-electron chi connectivity index (χ1n) is 4.79. The Morgan fingerprint density at radius 2 is 2.47 bits per heavy atom. The molecule has 2 rings (SSSR count). The van der Waals surface area contributed by atoms with Crippen molar-refractivity contribution in [2.45, 2.75) is 19.9 Å². The Kier molecular flexibility index (Phi) is 2.62. The number of carbonyl (C=O) groups excluding carboxylic acids is 1. The lowest BCUT2D eigenvalue weighted by Gasteiger charge is -2.01. The summed E-state index contributed by atoms with van der Waals surface area (Å²) in [5, 5.41) is 7.70. The van der Waals surface area contributed by atoms with Crippen LogP contribution < -0.4 is 0 Å². The summed E-state index contributed by atoms with van der Waals surface area (Å²) in [4.78, 5) is 10.8. The lowest BCUT2D eigenvalue weighted by atomic mass is 10.2. The summed E-state index contributed by atoms with van der Waals surface area (Å²) in [7, 11) is 0. The van der Waals surface area contributed by atoms with Crippen molar-refractivity contribution >= 4 is 6.29 Å². The third-order valence-electron chi connectivity index (χ3n) is 2.06. The van der Waals surface area contributed by atoms with Gasteiger partial charge in [0.15, 0.2) is 17.7 Å². The lowest BCUT2D eigenvalue weighted by Crippen LogP contribution is -2.01. The van der Waals surface area contributed by atoms with Gasteiger partial charge < -0.3 is 4.42 Å². The molecule has 2 aromatic heterocycles. The van der Waals surface area contributed by atoms with Crippen molar-refractivity contribution in [3.63, 3.8) is 0 Å². The van der Waals surface area contributed by atoms with Crippen LogP contribution in [-0.4, -0.2) is 21.3 Å². The monoisotopic (exact) mass is 205 g/mol. The predicted molar refractivity (Wildman–Crippen MR) is 53.4 cm³/mol. The van der Waals surface area contributed by atoms with Gasteiger partial charge in [-0.05, 0) is 18.6 Å². The number of nitrogens with zero attached hydrogens (tertiary/aromatic N) is 3. The van der Waals surface area contributed by atoms with Gasteiger partial charge in [-0.2, -0.15) is 0 Å². The number of aldehydes is 1. The topological polar surface area (TPSA) is 60.9 Å². The third kappa shape index (κ3) is 1.68. The molecule has 0 amide bonds. The van der Waals surface area contributed by atoms with E-state index in [4.69, 9.17) is 4.42 Å². The molecule has 0 fully saturated rings. The first-order valence-corrected chi connectivity index (χ1v) is 4.79. The number of furan rings is 1. The summed E-state index contributed by atoms with van der Waals surface area (Å²) in [6.07, 6.45) is 3.18. The van der Waals surface area contributed by atoms with Crippen molar-refractivity contribution in [2.24, 2.45) is 0 Å². The number of aromatic nitrogens is 3. The fraction of sp³-hybridized carbons (Fsp3) is 0.300. The fourth-order valence-electron chi connectivity index (χ4n) is 1.44. The van der Waals surface area contributed by atoms with Crippen LogP contribution in [0.15, 0.2) is 22.8 Å². The van der Waals surface area contributed by atoms with Crippen molar-refractivity contribution in [1.82, 2.24) is 15.0 Å². The van der Waals surface area contributed by atoms with Gasteiger partial charge in [0, 0.05) is 6.54 Å². The van der Waals surface area contributed by atoms with Crippen LogP contribution in [0.4, 0.5) is 0 Å². The molecule has 0 aliphatic heterocycles. The summed E-state index contributed by atoms with van der Waals surface area (Å²) < 4.78 is 6.93. The standard InChI is InChI=1S/C10H11N3O2/c1-2-5-13-10(8(7-14)11-12-13)9-4-3-6-15-9/h3-4,6-7H,2,5H2,1H3. The van der Waals surface area contributed by atoms with Crippen molar-refractivity contribution in [2.75, 3.05) is 0 Å². The normalized spacial score (nSPS) is 10.5. The Balaban J connectivity index is 2.50. The molecule has 0 atom stereocenters. The number of rotatable bonds is 4. The number of hydrogen-bond donors (Lipinski definition) is 0. The van der Waals surface area contributed by atoms with Gasteiger partial charge >= 0.3 is 0 Å². The van der Waals surface area contributed by atoms with Gasteiger partial charge in [0.2, 0.25) is 0 Å². The molecule has 15 heavy (non-hydrogen) atoms. The first kappa shape index (κ1) is 9.64. The van der Waals surface area contributed by atoms with Crippen molar-refractivity contribution in [3.8, 4) is 11.5 Å². The van der Waals surface area contributed by atoms with Gasteiger partial charge in [0.05, 0.1) is 6.26 Å². The van der Waals surface area contributed by atoms with Gasteiger partial charge in [0.1, 0.15) is 5.69 Å².